The molecule has 5 nitrogen and oxygen atoms in total. The standard InChI is InChI=1S/C13H23N3O2/c1-5-7-8-9(3)13(17)15-11(6-2)12-14-10(4)18-16-12/h9,11H,5-8H2,1-4H3,(H,15,17)/t9-,11-/m0/s1. The minimum Gasteiger partial charge on any atom is -0.346 e. The number of nitrogens with zero attached hydrogens (tertiary/aromatic N) is 2. The number of amides is 1. The van der Waals surface area contributed by atoms with Crippen molar-refractivity contribution in [2.45, 2.75) is 59.4 Å². The molecule has 102 valence electrons. The van der Waals surface area contributed by atoms with Crippen LogP contribution in [0, 0.1) is 12.8 Å². The number of aryl methyl sites for hydroxylation is 1. The topological polar surface area (TPSA) is 68.0 Å². The number of hydrogen-bond acceptors (Lipinski definition) is 4. The quantitative estimate of drug-likeness (QED) is 0.811. The Labute approximate surface area is 108 Å². The maximum atomic E-state index is 12.0. The molecule has 1 rings (SSSR count). The Hall–Kier alpha value is -1.39. The molecule has 0 bridgehead atoms. The van der Waals surface area contributed by atoms with Gasteiger partial charge in [-0.3, -0.25) is 4.79 Å². The Morgan fingerprint density at radius 2 is 2.17 bits per heavy atom. The number of aromatic nitrogens is 2. The molecule has 0 saturated heterocycles. The second-order valence-electron chi connectivity index (χ2n) is 4.68. The molecule has 1 aromatic rings. The van der Waals surface area contributed by atoms with Gasteiger partial charge in [-0.2, -0.15) is 4.98 Å². The van der Waals surface area contributed by atoms with Crippen LogP contribution >= 0.6 is 0 Å². The lowest BCUT2D eigenvalue weighted by Crippen LogP contribution is -2.33. The Balaban J connectivity index is 2.55. The highest BCUT2D eigenvalue weighted by molar-refractivity contribution is 5.78. The van der Waals surface area contributed by atoms with Crippen LogP contribution in [0.15, 0.2) is 4.52 Å². The first-order chi connectivity index (χ1) is 8.58. The Kier molecular flexibility index (Phi) is 5.82. The first-order valence-electron chi connectivity index (χ1n) is 6.69. The van der Waals surface area contributed by atoms with Crippen LogP contribution < -0.4 is 5.32 Å². The molecule has 18 heavy (non-hydrogen) atoms. The summed E-state index contributed by atoms with van der Waals surface area (Å²) in [5, 5.41) is 6.84. The van der Waals surface area contributed by atoms with Gasteiger partial charge < -0.3 is 9.84 Å². The number of carbonyl (C=O) groups is 1. The van der Waals surface area contributed by atoms with Gasteiger partial charge in [-0.1, -0.05) is 38.8 Å². The third kappa shape index (κ3) is 4.13. The van der Waals surface area contributed by atoms with Crippen molar-refractivity contribution >= 4 is 5.91 Å². The minimum absolute atomic E-state index is 0.0343. The maximum Gasteiger partial charge on any atom is 0.223 e. The zero-order valence-electron chi connectivity index (χ0n) is 11.7. The Morgan fingerprint density at radius 3 is 2.67 bits per heavy atom. The van der Waals surface area contributed by atoms with Crippen LogP contribution in [0.25, 0.3) is 0 Å². The number of hydrogen-bond donors (Lipinski definition) is 1. The molecule has 0 saturated carbocycles. The summed E-state index contributed by atoms with van der Waals surface area (Å²) in [7, 11) is 0. The summed E-state index contributed by atoms with van der Waals surface area (Å²) in [6, 6.07) is -0.154. The van der Waals surface area contributed by atoms with Crippen LogP contribution in [0.4, 0.5) is 0 Å². The van der Waals surface area contributed by atoms with Gasteiger partial charge in [-0.25, -0.2) is 0 Å². The van der Waals surface area contributed by atoms with Crippen LogP contribution in [0.5, 0.6) is 0 Å². The van der Waals surface area contributed by atoms with Gasteiger partial charge in [0.05, 0.1) is 6.04 Å². The van der Waals surface area contributed by atoms with E-state index in [0.717, 1.165) is 25.7 Å². The predicted molar refractivity (Wildman–Crippen MR) is 68.9 cm³/mol. The van der Waals surface area contributed by atoms with E-state index in [1.165, 1.54) is 0 Å². The summed E-state index contributed by atoms with van der Waals surface area (Å²) < 4.78 is 4.94. The van der Waals surface area contributed by atoms with Crippen molar-refractivity contribution in [1.82, 2.24) is 15.5 Å². The summed E-state index contributed by atoms with van der Waals surface area (Å²) in [4.78, 5) is 16.2. The number of unbranched alkanes of at least 4 members (excludes halogenated alkanes) is 1. The molecule has 0 aromatic carbocycles. The molecule has 1 aromatic heterocycles. The van der Waals surface area contributed by atoms with Crippen LogP contribution in [0.2, 0.25) is 0 Å². The molecule has 0 unspecified atom stereocenters. The first-order valence-corrected chi connectivity index (χ1v) is 6.69. The van der Waals surface area contributed by atoms with Crippen molar-refractivity contribution in [3.05, 3.63) is 11.7 Å². The second kappa shape index (κ2) is 7.13. The van der Waals surface area contributed by atoms with E-state index in [2.05, 4.69) is 22.4 Å². The molecule has 0 fully saturated rings. The number of carbonyl (C=O) groups excluding carboxylic acids is 1. The van der Waals surface area contributed by atoms with Crippen molar-refractivity contribution in [2.24, 2.45) is 5.92 Å². The highest BCUT2D eigenvalue weighted by Gasteiger charge is 2.20. The lowest BCUT2D eigenvalue weighted by atomic mass is 10.0. The van der Waals surface area contributed by atoms with Crippen molar-refractivity contribution in [3.63, 3.8) is 0 Å². The third-order valence-corrected chi connectivity index (χ3v) is 3.02. The summed E-state index contributed by atoms with van der Waals surface area (Å²) in [5.41, 5.74) is 0. The lowest BCUT2D eigenvalue weighted by Gasteiger charge is -2.17. The van der Waals surface area contributed by atoms with Gasteiger partial charge in [0.1, 0.15) is 0 Å². The Bertz CT molecular complexity index is 376. The molecule has 0 aliphatic heterocycles. The van der Waals surface area contributed by atoms with E-state index in [1.54, 1.807) is 6.92 Å². The smallest absolute Gasteiger partial charge is 0.223 e. The van der Waals surface area contributed by atoms with Crippen LogP contribution in [0.1, 0.15) is 64.2 Å². The number of nitrogens with one attached hydrogen (secondary N) is 1. The normalized spacial score (nSPS) is 14.2. The van der Waals surface area contributed by atoms with Gasteiger partial charge in [0, 0.05) is 12.8 Å². The summed E-state index contributed by atoms with van der Waals surface area (Å²) in [6.45, 7) is 7.82. The second-order valence-corrected chi connectivity index (χ2v) is 4.68. The fourth-order valence-electron chi connectivity index (χ4n) is 1.76. The maximum absolute atomic E-state index is 12.0. The first kappa shape index (κ1) is 14.7. The van der Waals surface area contributed by atoms with Gasteiger partial charge in [-0.05, 0) is 12.8 Å². The van der Waals surface area contributed by atoms with E-state index < -0.39 is 0 Å². The summed E-state index contributed by atoms with van der Waals surface area (Å²) in [6.07, 6.45) is 3.86. The largest absolute Gasteiger partial charge is 0.346 e. The van der Waals surface area contributed by atoms with Crippen molar-refractivity contribution in [1.29, 1.82) is 0 Å². The van der Waals surface area contributed by atoms with E-state index in [1.807, 2.05) is 13.8 Å². The highest BCUT2D eigenvalue weighted by Crippen LogP contribution is 2.15. The Morgan fingerprint density at radius 1 is 1.44 bits per heavy atom. The molecule has 0 radical (unpaired) electrons. The van der Waals surface area contributed by atoms with E-state index in [0.29, 0.717) is 11.7 Å². The number of rotatable bonds is 7. The molecule has 0 aliphatic rings. The SMILES string of the molecule is CCCC[C@H](C)C(=O)N[C@@H](CC)c1noc(C)n1. The average molecular weight is 253 g/mol. The van der Waals surface area contributed by atoms with Gasteiger partial charge >= 0.3 is 0 Å². The zero-order chi connectivity index (χ0) is 13.5. The van der Waals surface area contributed by atoms with E-state index >= 15 is 0 Å². The summed E-state index contributed by atoms with van der Waals surface area (Å²) in [5.74, 6) is 1.19. The van der Waals surface area contributed by atoms with E-state index in [4.69, 9.17) is 4.52 Å². The molecular weight excluding hydrogens is 230 g/mol. The van der Waals surface area contributed by atoms with Crippen molar-refractivity contribution < 1.29 is 9.32 Å². The monoisotopic (exact) mass is 253 g/mol. The fourth-order valence-corrected chi connectivity index (χ4v) is 1.76. The van der Waals surface area contributed by atoms with E-state index in [-0.39, 0.29) is 17.9 Å². The molecule has 2 atom stereocenters. The van der Waals surface area contributed by atoms with Crippen LogP contribution in [-0.4, -0.2) is 16.0 Å². The molecule has 1 heterocycles. The molecule has 1 N–H and O–H groups in total. The highest BCUT2D eigenvalue weighted by atomic mass is 16.5. The van der Waals surface area contributed by atoms with Crippen LogP contribution in [0.3, 0.4) is 0 Å². The van der Waals surface area contributed by atoms with Gasteiger partial charge in [0.15, 0.2) is 5.82 Å². The molecule has 5 heteroatoms. The van der Waals surface area contributed by atoms with Gasteiger partial charge in [0.2, 0.25) is 11.8 Å². The molecule has 0 spiro atoms. The van der Waals surface area contributed by atoms with Crippen molar-refractivity contribution in [2.75, 3.05) is 0 Å². The van der Waals surface area contributed by atoms with Gasteiger partial charge in [0.25, 0.3) is 0 Å². The molecule has 0 aliphatic carbocycles. The van der Waals surface area contributed by atoms with Crippen LogP contribution in [-0.2, 0) is 4.79 Å². The predicted octanol–water partition coefficient (Wildman–Crippen LogP) is 2.77. The molecular formula is C13H23N3O2. The molecule has 1 amide bonds. The third-order valence-electron chi connectivity index (χ3n) is 3.02. The zero-order valence-corrected chi connectivity index (χ0v) is 11.7. The summed E-state index contributed by atoms with van der Waals surface area (Å²) >= 11 is 0. The minimum atomic E-state index is -0.154. The average Bonchev–Trinajstić information content (AvgIpc) is 2.79. The lowest BCUT2D eigenvalue weighted by molar-refractivity contribution is -0.125. The van der Waals surface area contributed by atoms with Crippen molar-refractivity contribution in [3.8, 4) is 0 Å². The van der Waals surface area contributed by atoms with Gasteiger partial charge in [-0.15, -0.1) is 0 Å². The van der Waals surface area contributed by atoms with E-state index in [9.17, 15) is 4.79 Å². The fraction of sp³-hybridized carbons (Fsp3) is 0.769.